The smallest absolute Gasteiger partial charge is 0.328 e. The lowest BCUT2D eigenvalue weighted by Crippen LogP contribution is -2.44. The van der Waals surface area contributed by atoms with Gasteiger partial charge in [0.25, 0.3) is 5.91 Å². The van der Waals surface area contributed by atoms with Crippen LogP contribution in [0.4, 0.5) is 5.82 Å². The quantitative estimate of drug-likeness (QED) is 0.111. The van der Waals surface area contributed by atoms with Gasteiger partial charge in [-0.2, -0.15) is 9.97 Å². The molecule has 16 heteroatoms. The van der Waals surface area contributed by atoms with Crippen LogP contribution >= 0.6 is 0 Å². The number of nitrogens with two attached hydrogens (primary N) is 1. The Bertz CT molecular complexity index is 1730. The molecule has 4 aromatic rings. The number of carbonyl (C=O) groups is 2. The van der Waals surface area contributed by atoms with Crippen molar-refractivity contribution in [1.29, 1.82) is 0 Å². The number of methoxy groups -OCH3 is 1. The Morgan fingerprint density at radius 2 is 1.76 bits per heavy atom. The molecule has 0 unspecified atom stereocenters. The number of carboxylic acid groups (broad SMARTS) is 1. The van der Waals surface area contributed by atoms with E-state index in [0.29, 0.717) is 61.4 Å². The minimum absolute atomic E-state index is 0.0133. The van der Waals surface area contributed by atoms with Crippen molar-refractivity contribution in [2.75, 3.05) is 32.7 Å². The van der Waals surface area contributed by atoms with Crippen LogP contribution in [0, 0.1) is 0 Å². The van der Waals surface area contributed by atoms with E-state index in [1.54, 1.807) is 42.3 Å². The topological polar surface area (TPSA) is 214 Å². The number of aromatic nitrogens is 7. The fraction of sp³-hybridized carbons (Fsp3) is 0.545. The summed E-state index contributed by atoms with van der Waals surface area (Å²) in [4.78, 5) is 47.7. The second-order valence-electron chi connectivity index (χ2n) is 12.5. The third-order valence-electron chi connectivity index (χ3n) is 7.50. The number of imidazole rings is 1. The molecule has 0 radical (unpaired) electrons. The van der Waals surface area contributed by atoms with E-state index in [1.807, 2.05) is 41.5 Å². The zero-order valence-corrected chi connectivity index (χ0v) is 29.4. The number of aliphatic carboxylic acids is 1. The van der Waals surface area contributed by atoms with Gasteiger partial charge in [-0.15, -0.1) is 5.10 Å². The Balaban J connectivity index is 0.00000319. The van der Waals surface area contributed by atoms with Crippen molar-refractivity contribution in [3.8, 4) is 6.01 Å². The van der Waals surface area contributed by atoms with Gasteiger partial charge in [0.15, 0.2) is 11.5 Å². The molecule has 0 fully saturated rings. The van der Waals surface area contributed by atoms with E-state index in [9.17, 15) is 14.4 Å². The molecule has 4 rings (SSSR count). The number of anilines is 1. The second-order valence-corrected chi connectivity index (χ2v) is 12.5. The molecule has 16 nitrogen and oxygen atoms in total. The van der Waals surface area contributed by atoms with Gasteiger partial charge in [0, 0.05) is 44.0 Å². The Kier molecular flexibility index (Phi) is 13.8. The highest BCUT2D eigenvalue weighted by Gasteiger charge is 2.25. The molecule has 0 aliphatic rings. The van der Waals surface area contributed by atoms with Gasteiger partial charge in [-0.3, -0.25) is 18.8 Å². The predicted molar refractivity (Wildman–Crippen MR) is 184 cm³/mol. The highest BCUT2D eigenvalue weighted by atomic mass is 16.5. The number of rotatable bonds is 18. The van der Waals surface area contributed by atoms with Gasteiger partial charge in [-0.1, -0.05) is 31.2 Å². The lowest BCUT2D eigenvalue weighted by atomic mass is 9.99. The number of H-pyrrole nitrogens is 1. The summed E-state index contributed by atoms with van der Waals surface area (Å²) in [7, 11) is 1.55. The first-order valence-corrected chi connectivity index (χ1v) is 16.3. The number of ether oxygens (including phenoxy) is 3. The van der Waals surface area contributed by atoms with Crippen molar-refractivity contribution in [1.82, 2.24) is 39.8 Å². The Morgan fingerprint density at radius 3 is 2.43 bits per heavy atom. The summed E-state index contributed by atoms with van der Waals surface area (Å²) in [5.41, 5.74) is 7.16. The Hall–Kier alpha value is -4.83. The molecule has 5 N–H and O–H groups in total. The normalized spacial score (nSPS) is 11.7. The molecule has 49 heavy (non-hydrogen) atoms. The average Bonchev–Trinajstić information content (AvgIpc) is 3.64. The molecule has 0 atom stereocenters. The van der Waals surface area contributed by atoms with Gasteiger partial charge >= 0.3 is 17.7 Å². The van der Waals surface area contributed by atoms with E-state index in [2.05, 4.69) is 30.6 Å². The first-order valence-electron chi connectivity index (χ1n) is 16.3. The van der Waals surface area contributed by atoms with E-state index >= 15 is 0 Å². The number of carboxylic acids is 1. The van der Waals surface area contributed by atoms with Crippen molar-refractivity contribution < 1.29 is 28.9 Å². The lowest BCUT2D eigenvalue weighted by molar-refractivity contribution is -0.137. The molecule has 0 aliphatic carbocycles. The Morgan fingerprint density at radius 1 is 1.04 bits per heavy atom. The van der Waals surface area contributed by atoms with Gasteiger partial charge < -0.3 is 35.4 Å². The molecule has 0 spiro atoms. The van der Waals surface area contributed by atoms with Crippen LogP contribution in [0.5, 0.6) is 6.01 Å². The van der Waals surface area contributed by atoms with Crippen molar-refractivity contribution >= 4 is 28.9 Å². The number of nitrogen functional groups attached to an aromatic ring is 1. The number of benzene rings is 1. The van der Waals surface area contributed by atoms with E-state index in [4.69, 9.17) is 25.1 Å². The van der Waals surface area contributed by atoms with Crippen LogP contribution in [0.1, 0.15) is 82.4 Å². The van der Waals surface area contributed by atoms with Crippen LogP contribution < -0.4 is 21.5 Å². The first kappa shape index (κ1) is 38.6. The molecule has 0 aliphatic heterocycles. The Labute approximate surface area is 285 Å². The minimum atomic E-state index is -0.870. The fourth-order valence-corrected chi connectivity index (χ4v) is 4.68. The molecule has 0 bridgehead atoms. The van der Waals surface area contributed by atoms with Gasteiger partial charge in [0.2, 0.25) is 0 Å². The van der Waals surface area contributed by atoms with Crippen LogP contribution in [-0.4, -0.2) is 89.6 Å². The summed E-state index contributed by atoms with van der Waals surface area (Å²) < 4.78 is 19.7. The molecule has 268 valence electrons. The van der Waals surface area contributed by atoms with Crippen LogP contribution in [0.15, 0.2) is 35.3 Å². The van der Waals surface area contributed by atoms with Crippen LogP contribution in [-0.2, 0) is 33.8 Å². The molecular weight excluding hydrogens is 634 g/mol. The highest BCUT2D eigenvalue weighted by Crippen LogP contribution is 2.20. The van der Waals surface area contributed by atoms with Gasteiger partial charge in [-0.05, 0) is 58.2 Å². The molecule has 1 aromatic carbocycles. The number of hydrogen-bond donors (Lipinski definition) is 4. The number of carbonyl (C=O) groups excluding carboxylic acids is 1. The summed E-state index contributed by atoms with van der Waals surface area (Å²) in [6.45, 7) is 13.6. The monoisotopic (exact) mass is 683 g/mol. The van der Waals surface area contributed by atoms with Crippen molar-refractivity contribution in [2.45, 2.75) is 91.5 Å². The minimum Gasteiger partial charge on any atom is -0.481 e. The van der Waals surface area contributed by atoms with Gasteiger partial charge in [0.05, 0.1) is 30.9 Å². The number of hydrogen-bond acceptors (Lipinski definition) is 11. The summed E-state index contributed by atoms with van der Waals surface area (Å²) >= 11 is 0. The van der Waals surface area contributed by atoms with Crippen molar-refractivity contribution in [2.24, 2.45) is 0 Å². The van der Waals surface area contributed by atoms with E-state index < -0.39 is 22.8 Å². The number of aromatic amines is 1. The van der Waals surface area contributed by atoms with Crippen LogP contribution in [0.25, 0.3) is 11.2 Å². The standard InChI is InChI=1S/C31H43N9O7.C2H6/c1-30(2,13-15-47-31(3,4)12-14-39-19-22(37-38-39)10-11-23(41)42)36-27(43)21-8-6-20(7-9-21)18-40-26-24(33-29(40)44)25(32)34-28(35-26)46-17-16-45-5;1-2/h6-9,19H,10-18H2,1-5H3,(H,33,44)(H,36,43)(H,41,42)(H2,32,34,35);1-2H3. The molecule has 3 aromatic heterocycles. The molecule has 1 amide bonds. The molecule has 0 saturated carbocycles. The maximum Gasteiger partial charge on any atom is 0.328 e. The van der Waals surface area contributed by atoms with Gasteiger partial charge in [-0.25, -0.2) is 4.79 Å². The lowest BCUT2D eigenvalue weighted by Gasteiger charge is -2.30. The maximum atomic E-state index is 13.1. The number of nitrogens with zero attached hydrogens (tertiary/aromatic N) is 6. The second kappa shape index (κ2) is 17.5. The third kappa shape index (κ3) is 11.7. The summed E-state index contributed by atoms with van der Waals surface area (Å²) in [5.74, 6) is -1.00. The summed E-state index contributed by atoms with van der Waals surface area (Å²) in [6.07, 6.45) is 3.36. The molecular formula is C33H49N9O7. The fourth-order valence-electron chi connectivity index (χ4n) is 4.68. The van der Waals surface area contributed by atoms with Gasteiger partial charge in [0.1, 0.15) is 12.1 Å². The third-order valence-corrected chi connectivity index (χ3v) is 7.50. The number of fused-ring (bicyclic) bond motifs is 1. The van der Waals surface area contributed by atoms with Crippen LogP contribution in [0.2, 0.25) is 0 Å². The first-order chi connectivity index (χ1) is 23.2. The SMILES string of the molecule is CC.COCCOc1nc(N)c2[nH]c(=O)n(Cc3ccc(C(=O)NC(C)(C)CCOC(C)(C)CCn4cc(CCC(=O)O)nn4)cc3)c2n1. The summed E-state index contributed by atoms with van der Waals surface area (Å²) in [5, 5.41) is 20.0. The number of amides is 1. The summed E-state index contributed by atoms with van der Waals surface area (Å²) in [6, 6.07) is 7.02. The largest absolute Gasteiger partial charge is 0.481 e. The zero-order chi connectivity index (χ0) is 36.2. The predicted octanol–water partition coefficient (Wildman–Crippen LogP) is 3.19. The van der Waals surface area contributed by atoms with Crippen molar-refractivity contribution in [3.05, 3.63) is 57.8 Å². The average molecular weight is 684 g/mol. The maximum absolute atomic E-state index is 13.1. The molecule has 0 saturated heterocycles. The van der Waals surface area contributed by atoms with Crippen LogP contribution in [0.3, 0.4) is 0 Å². The number of aryl methyl sites for hydroxylation is 2. The number of nitrogens with one attached hydrogen (secondary N) is 2. The van der Waals surface area contributed by atoms with E-state index in [1.165, 1.54) is 4.57 Å². The molecule has 3 heterocycles. The van der Waals surface area contributed by atoms with E-state index in [-0.39, 0.29) is 37.3 Å². The highest BCUT2D eigenvalue weighted by molar-refractivity contribution is 5.94. The van der Waals surface area contributed by atoms with Crippen molar-refractivity contribution in [3.63, 3.8) is 0 Å². The van der Waals surface area contributed by atoms with E-state index in [0.717, 1.165) is 5.56 Å². The zero-order valence-electron chi connectivity index (χ0n) is 29.4.